The van der Waals surface area contributed by atoms with Gasteiger partial charge in [0.15, 0.2) is 5.82 Å². The molecule has 0 fully saturated rings. The lowest BCUT2D eigenvalue weighted by molar-refractivity contribution is -0.120. The van der Waals surface area contributed by atoms with Gasteiger partial charge in [-0.2, -0.15) is 0 Å². The van der Waals surface area contributed by atoms with Crippen LogP contribution in [0.2, 0.25) is 5.02 Å². The van der Waals surface area contributed by atoms with Crippen molar-refractivity contribution in [3.05, 3.63) is 59.0 Å². The molecular weight excluding hydrogens is 366 g/mol. The van der Waals surface area contributed by atoms with E-state index in [0.717, 1.165) is 22.8 Å². The van der Waals surface area contributed by atoms with Crippen LogP contribution in [0.25, 0.3) is 5.69 Å². The number of carbonyl (C=O) groups is 1. The Bertz CT molecular complexity index is 970. The SMILES string of the molecule is CNC(=O)Cc1cc(Nc2cc(Cl)cc(OC)c2)nn1-c1ccnc(C)c1. The minimum atomic E-state index is -0.0992. The van der Waals surface area contributed by atoms with E-state index < -0.39 is 0 Å². The summed E-state index contributed by atoms with van der Waals surface area (Å²) < 4.78 is 6.97. The van der Waals surface area contributed by atoms with E-state index >= 15 is 0 Å². The van der Waals surface area contributed by atoms with Crippen LogP contribution in [0, 0.1) is 6.92 Å². The van der Waals surface area contributed by atoms with Crippen molar-refractivity contribution in [1.82, 2.24) is 20.1 Å². The fourth-order valence-corrected chi connectivity index (χ4v) is 2.87. The highest BCUT2D eigenvalue weighted by Crippen LogP contribution is 2.27. The Morgan fingerprint density at radius 3 is 2.78 bits per heavy atom. The molecule has 8 heteroatoms. The number of halogens is 1. The fraction of sp³-hybridized carbons (Fsp3) is 0.211. The first-order valence-electron chi connectivity index (χ1n) is 8.32. The van der Waals surface area contributed by atoms with E-state index in [1.54, 1.807) is 37.2 Å². The van der Waals surface area contributed by atoms with E-state index in [-0.39, 0.29) is 12.3 Å². The third-order valence-electron chi connectivity index (χ3n) is 3.91. The molecule has 2 N–H and O–H groups in total. The molecule has 0 spiro atoms. The molecule has 0 aliphatic rings. The summed E-state index contributed by atoms with van der Waals surface area (Å²) in [7, 11) is 3.19. The van der Waals surface area contributed by atoms with Crippen LogP contribution in [0.4, 0.5) is 11.5 Å². The number of aryl methyl sites for hydroxylation is 1. The Labute approximate surface area is 162 Å². The Morgan fingerprint density at radius 1 is 1.26 bits per heavy atom. The Kier molecular flexibility index (Phi) is 5.61. The third-order valence-corrected chi connectivity index (χ3v) is 4.13. The summed E-state index contributed by atoms with van der Waals surface area (Å²) in [6.07, 6.45) is 1.91. The van der Waals surface area contributed by atoms with Crippen LogP contribution in [0.3, 0.4) is 0 Å². The summed E-state index contributed by atoms with van der Waals surface area (Å²) in [4.78, 5) is 16.1. The van der Waals surface area contributed by atoms with Crippen molar-refractivity contribution in [2.24, 2.45) is 0 Å². The van der Waals surface area contributed by atoms with Crippen molar-refractivity contribution in [1.29, 1.82) is 0 Å². The van der Waals surface area contributed by atoms with E-state index in [9.17, 15) is 4.79 Å². The summed E-state index contributed by atoms with van der Waals surface area (Å²) in [6, 6.07) is 10.9. The monoisotopic (exact) mass is 385 g/mol. The highest BCUT2D eigenvalue weighted by atomic mass is 35.5. The quantitative estimate of drug-likeness (QED) is 0.680. The van der Waals surface area contributed by atoms with E-state index in [0.29, 0.717) is 16.6 Å². The van der Waals surface area contributed by atoms with Crippen LogP contribution in [0.5, 0.6) is 5.75 Å². The molecular formula is C19H20ClN5O2. The number of likely N-dealkylation sites (N-methyl/N-ethyl adjacent to an activating group) is 1. The van der Waals surface area contributed by atoms with Gasteiger partial charge in [-0.1, -0.05) is 11.6 Å². The zero-order chi connectivity index (χ0) is 19.4. The van der Waals surface area contributed by atoms with Gasteiger partial charge in [0.25, 0.3) is 0 Å². The Morgan fingerprint density at radius 2 is 2.07 bits per heavy atom. The molecule has 0 aliphatic heterocycles. The maximum atomic E-state index is 11.9. The number of carbonyl (C=O) groups excluding carboxylic acids is 1. The minimum Gasteiger partial charge on any atom is -0.497 e. The van der Waals surface area contributed by atoms with Crippen molar-refractivity contribution in [3.8, 4) is 11.4 Å². The first kappa shape index (κ1) is 18.7. The van der Waals surface area contributed by atoms with Gasteiger partial charge in [-0.3, -0.25) is 9.78 Å². The standard InChI is InChI=1S/C19H20ClN5O2/c1-12-6-15(4-5-22-12)25-16(11-19(26)21-2)10-18(24-25)23-14-7-13(20)8-17(9-14)27-3/h4-10H,11H2,1-3H3,(H,21,26)(H,23,24). The lowest BCUT2D eigenvalue weighted by Crippen LogP contribution is -2.21. The number of pyridine rings is 1. The second kappa shape index (κ2) is 8.09. The number of benzene rings is 1. The van der Waals surface area contributed by atoms with Gasteiger partial charge in [-0.15, -0.1) is 5.10 Å². The summed E-state index contributed by atoms with van der Waals surface area (Å²) >= 11 is 6.13. The first-order chi connectivity index (χ1) is 13.0. The van der Waals surface area contributed by atoms with Crippen LogP contribution >= 0.6 is 11.6 Å². The van der Waals surface area contributed by atoms with Gasteiger partial charge in [-0.25, -0.2) is 4.68 Å². The van der Waals surface area contributed by atoms with Crippen molar-refractivity contribution in [2.45, 2.75) is 13.3 Å². The lowest BCUT2D eigenvalue weighted by Gasteiger charge is -2.08. The van der Waals surface area contributed by atoms with Gasteiger partial charge >= 0.3 is 0 Å². The predicted octanol–water partition coefficient (Wildman–Crippen LogP) is 3.27. The number of aromatic nitrogens is 3. The van der Waals surface area contributed by atoms with E-state index in [2.05, 4.69) is 20.7 Å². The second-order valence-corrected chi connectivity index (χ2v) is 6.38. The van der Waals surface area contributed by atoms with E-state index in [1.165, 1.54) is 0 Å². The number of hydrogen-bond acceptors (Lipinski definition) is 5. The predicted molar refractivity (Wildman–Crippen MR) is 105 cm³/mol. The minimum absolute atomic E-state index is 0.0992. The summed E-state index contributed by atoms with van der Waals surface area (Å²) in [5.41, 5.74) is 3.18. The lowest BCUT2D eigenvalue weighted by atomic mass is 10.2. The van der Waals surface area contributed by atoms with Crippen LogP contribution < -0.4 is 15.4 Å². The van der Waals surface area contributed by atoms with Gasteiger partial charge in [0.05, 0.1) is 24.9 Å². The number of nitrogens with zero attached hydrogens (tertiary/aromatic N) is 3. The molecule has 0 atom stereocenters. The van der Waals surface area contributed by atoms with Gasteiger partial charge in [0.2, 0.25) is 5.91 Å². The molecule has 0 saturated heterocycles. The van der Waals surface area contributed by atoms with Crippen molar-refractivity contribution in [3.63, 3.8) is 0 Å². The smallest absolute Gasteiger partial charge is 0.225 e. The fourth-order valence-electron chi connectivity index (χ4n) is 2.65. The zero-order valence-electron chi connectivity index (χ0n) is 15.3. The number of ether oxygens (including phenoxy) is 1. The topological polar surface area (TPSA) is 81.1 Å². The zero-order valence-corrected chi connectivity index (χ0v) is 16.0. The molecule has 0 saturated carbocycles. The first-order valence-corrected chi connectivity index (χ1v) is 8.70. The molecule has 0 unspecified atom stereocenters. The molecule has 1 aromatic carbocycles. The van der Waals surface area contributed by atoms with Crippen molar-refractivity contribution in [2.75, 3.05) is 19.5 Å². The molecule has 2 aromatic heterocycles. The Hall–Kier alpha value is -3.06. The van der Waals surface area contributed by atoms with Crippen LogP contribution in [0.1, 0.15) is 11.4 Å². The van der Waals surface area contributed by atoms with Crippen LogP contribution in [-0.2, 0) is 11.2 Å². The number of nitrogens with one attached hydrogen (secondary N) is 2. The maximum absolute atomic E-state index is 11.9. The largest absolute Gasteiger partial charge is 0.497 e. The molecule has 140 valence electrons. The number of anilines is 2. The van der Waals surface area contributed by atoms with Crippen LogP contribution in [-0.4, -0.2) is 34.8 Å². The normalized spacial score (nSPS) is 10.5. The van der Waals surface area contributed by atoms with Gasteiger partial charge in [-0.05, 0) is 31.2 Å². The van der Waals surface area contributed by atoms with E-state index in [1.807, 2.05) is 31.2 Å². The number of hydrogen-bond donors (Lipinski definition) is 2. The van der Waals surface area contributed by atoms with Crippen LogP contribution in [0.15, 0.2) is 42.6 Å². The molecule has 3 aromatic rings. The third kappa shape index (κ3) is 4.57. The molecule has 27 heavy (non-hydrogen) atoms. The molecule has 0 aliphatic carbocycles. The number of rotatable bonds is 6. The summed E-state index contributed by atoms with van der Waals surface area (Å²) in [5, 5.41) is 11.0. The van der Waals surface area contributed by atoms with Gasteiger partial charge < -0.3 is 15.4 Å². The summed E-state index contributed by atoms with van der Waals surface area (Å²) in [6.45, 7) is 1.91. The van der Waals surface area contributed by atoms with Gasteiger partial charge in [0, 0.05) is 41.8 Å². The average molecular weight is 386 g/mol. The molecule has 2 heterocycles. The average Bonchev–Trinajstić information content (AvgIpc) is 3.03. The van der Waals surface area contributed by atoms with Crippen molar-refractivity contribution < 1.29 is 9.53 Å². The molecule has 1 amide bonds. The molecule has 3 rings (SSSR count). The Balaban J connectivity index is 1.98. The number of amides is 1. The summed E-state index contributed by atoms with van der Waals surface area (Å²) in [5.74, 6) is 1.13. The molecule has 7 nitrogen and oxygen atoms in total. The maximum Gasteiger partial charge on any atom is 0.225 e. The van der Waals surface area contributed by atoms with Gasteiger partial charge in [0.1, 0.15) is 5.75 Å². The molecule has 0 bridgehead atoms. The highest BCUT2D eigenvalue weighted by Gasteiger charge is 2.14. The highest BCUT2D eigenvalue weighted by molar-refractivity contribution is 6.31. The number of methoxy groups -OCH3 is 1. The van der Waals surface area contributed by atoms with Crippen molar-refractivity contribution >= 4 is 29.0 Å². The second-order valence-electron chi connectivity index (χ2n) is 5.94. The molecule has 0 radical (unpaired) electrons. The van der Waals surface area contributed by atoms with E-state index in [4.69, 9.17) is 16.3 Å².